The molecule has 1 aliphatic rings. The van der Waals surface area contributed by atoms with Crippen molar-refractivity contribution in [3.63, 3.8) is 0 Å². The Morgan fingerprint density at radius 1 is 1.33 bits per heavy atom. The molecule has 2 heterocycles. The second-order valence-corrected chi connectivity index (χ2v) is 5.01. The fourth-order valence-corrected chi connectivity index (χ4v) is 2.47. The maximum absolute atomic E-state index is 6.37. The monoisotopic (exact) mass is 247 g/mol. The Balaban J connectivity index is 1.89. The summed E-state index contributed by atoms with van der Waals surface area (Å²) in [5.41, 5.74) is 6.63. The van der Waals surface area contributed by atoms with Gasteiger partial charge in [-0.2, -0.15) is 10.1 Å². The van der Waals surface area contributed by atoms with Crippen LogP contribution in [0.25, 0.3) is 11.6 Å². The highest BCUT2D eigenvalue weighted by Gasteiger charge is 2.34. The van der Waals surface area contributed by atoms with Crippen LogP contribution >= 0.6 is 0 Å². The van der Waals surface area contributed by atoms with E-state index in [1.165, 1.54) is 6.42 Å². The molecule has 0 amide bonds. The van der Waals surface area contributed by atoms with Crippen molar-refractivity contribution in [1.29, 1.82) is 0 Å². The number of hydrogen-bond donors (Lipinski definition) is 1. The molecule has 0 spiro atoms. The summed E-state index contributed by atoms with van der Waals surface area (Å²) >= 11 is 0. The lowest BCUT2D eigenvalue weighted by atomic mass is 9.82. The molecule has 1 aliphatic carbocycles. The fourth-order valence-electron chi connectivity index (χ4n) is 2.47. The molecule has 18 heavy (non-hydrogen) atoms. The number of nitrogens with two attached hydrogens (primary N) is 1. The molecule has 0 unspecified atom stereocenters. The van der Waals surface area contributed by atoms with Crippen molar-refractivity contribution in [3.8, 4) is 11.6 Å². The summed E-state index contributed by atoms with van der Waals surface area (Å²) in [6.45, 7) is 0. The fraction of sp³-hybridized carbons (Fsp3) is 0.583. The van der Waals surface area contributed by atoms with Gasteiger partial charge in [0, 0.05) is 13.2 Å². The van der Waals surface area contributed by atoms with Crippen LogP contribution in [0.5, 0.6) is 0 Å². The molecule has 0 radical (unpaired) electrons. The van der Waals surface area contributed by atoms with Crippen molar-refractivity contribution in [2.24, 2.45) is 12.8 Å². The van der Waals surface area contributed by atoms with Crippen LogP contribution in [0.4, 0.5) is 0 Å². The number of aryl methyl sites for hydroxylation is 1. The van der Waals surface area contributed by atoms with Crippen LogP contribution in [0.15, 0.2) is 16.8 Å². The predicted molar refractivity (Wildman–Crippen MR) is 65.5 cm³/mol. The van der Waals surface area contributed by atoms with Gasteiger partial charge in [-0.05, 0) is 18.9 Å². The van der Waals surface area contributed by atoms with Gasteiger partial charge in [-0.25, -0.2) is 0 Å². The maximum Gasteiger partial charge on any atom is 0.278 e. The van der Waals surface area contributed by atoms with Crippen LogP contribution in [0.3, 0.4) is 0 Å². The zero-order valence-corrected chi connectivity index (χ0v) is 10.5. The number of aromatic nitrogens is 4. The van der Waals surface area contributed by atoms with Gasteiger partial charge in [-0.15, -0.1) is 0 Å². The Hall–Kier alpha value is -1.69. The van der Waals surface area contributed by atoms with Gasteiger partial charge >= 0.3 is 0 Å². The van der Waals surface area contributed by atoms with E-state index in [0.717, 1.165) is 25.7 Å². The van der Waals surface area contributed by atoms with Crippen LogP contribution in [0.2, 0.25) is 0 Å². The first-order valence-corrected chi connectivity index (χ1v) is 6.30. The van der Waals surface area contributed by atoms with Crippen molar-refractivity contribution in [2.45, 2.75) is 37.6 Å². The minimum atomic E-state index is -0.422. The molecular formula is C12H17N5O. The summed E-state index contributed by atoms with van der Waals surface area (Å²) in [6.07, 6.45) is 7.19. The standard InChI is InChI=1S/C12H17N5O/c1-17-8-5-9(15-17)10-14-11(16-18-10)12(13)6-3-2-4-7-12/h5,8H,2-4,6-7,13H2,1H3. The SMILES string of the molecule is Cn1ccc(-c2nc(C3(N)CCCCC3)no2)n1. The molecule has 2 aromatic rings. The highest BCUT2D eigenvalue weighted by Crippen LogP contribution is 2.33. The topological polar surface area (TPSA) is 82.8 Å². The molecule has 0 aliphatic heterocycles. The predicted octanol–water partition coefficient (Wildman–Crippen LogP) is 1.59. The first-order chi connectivity index (χ1) is 8.67. The summed E-state index contributed by atoms with van der Waals surface area (Å²) in [6, 6.07) is 1.85. The van der Waals surface area contributed by atoms with Gasteiger partial charge in [0.15, 0.2) is 11.5 Å². The van der Waals surface area contributed by atoms with E-state index in [1.807, 2.05) is 19.3 Å². The summed E-state index contributed by atoms with van der Waals surface area (Å²) < 4.78 is 6.97. The van der Waals surface area contributed by atoms with E-state index in [4.69, 9.17) is 10.3 Å². The Morgan fingerprint density at radius 3 is 2.78 bits per heavy atom. The van der Waals surface area contributed by atoms with Crippen molar-refractivity contribution in [1.82, 2.24) is 19.9 Å². The third kappa shape index (κ3) is 1.92. The Labute approximate surface area is 105 Å². The molecule has 0 atom stereocenters. The third-order valence-corrected chi connectivity index (χ3v) is 3.55. The average Bonchev–Trinajstić information content (AvgIpc) is 2.98. The van der Waals surface area contributed by atoms with Gasteiger partial charge in [0.1, 0.15) is 0 Å². The molecule has 2 aromatic heterocycles. The average molecular weight is 247 g/mol. The molecule has 96 valence electrons. The van der Waals surface area contributed by atoms with Crippen LogP contribution in [0, 0.1) is 0 Å². The Bertz CT molecular complexity index is 538. The summed E-state index contributed by atoms with van der Waals surface area (Å²) in [5.74, 6) is 1.06. The van der Waals surface area contributed by atoms with E-state index in [1.54, 1.807) is 4.68 Å². The smallest absolute Gasteiger partial charge is 0.278 e. The third-order valence-electron chi connectivity index (χ3n) is 3.55. The first kappa shape index (κ1) is 11.4. The van der Waals surface area contributed by atoms with Gasteiger partial charge in [-0.1, -0.05) is 24.4 Å². The number of hydrogen-bond acceptors (Lipinski definition) is 5. The van der Waals surface area contributed by atoms with Crippen LogP contribution in [-0.2, 0) is 12.6 Å². The van der Waals surface area contributed by atoms with E-state index in [9.17, 15) is 0 Å². The summed E-state index contributed by atoms with van der Waals surface area (Å²) in [5, 5.41) is 8.28. The minimum absolute atomic E-state index is 0.422. The van der Waals surface area contributed by atoms with E-state index < -0.39 is 5.54 Å². The van der Waals surface area contributed by atoms with Crippen LogP contribution in [0.1, 0.15) is 37.9 Å². The van der Waals surface area contributed by atoms with Crippen LogP contribution in [-0.4, -0.2) is 19.9 Å². The Morgan fingerprint density at radius 2 is 2.11 bits per heavy atom. The molecule has 6 heteroatoms. The van der Waals surface area contributed by atoms with Crippen molar-refractivity contribution in [2.75, 3.05) is 0 Å². The quantitative estimate of drug-likeness (QED) is 0.871. The lowest BCUT2D eigenvalue weighted by Crippen LogP contribution is -2.39. The summed E-state index contributed by atoms with van der Waals surface area (Å²) in [7, 11) is 1.85. The molecule has 6 nitrogen and oxygen atoms in total. The number of rotatable bonds is 2. The van der Waals surface area contributed by atoms with Gasteiger partial charge in [0.05, 0.1) is 5.54 Å². The highest BCUT2D eigenvalue weighted by atomic mass is 16.5. The van der Waals surface area contributed by atoms with Gasteiger partial charge in [-0.3, -0.25) is 4.68 Å². The first-order valence-electron chi connectivity index (χ1n) is 6.30. The molecule has 0 bridgehead atoms. The normalized spacial score (nSPS) is 19.0. The van der Waals surface area contributed by atoms with Crippen molar-refractivity contribution >= 4 is 0 Å². The molecule has 3 rings (SSSR count). The van der Waals surface area contributed by atoms with Crippen molar-refractivity contribution < 1.29 is 4.52 Å². The van der Waals surface area contributed by atoms with E-state index >= 15 is 0 Å². The second-order valence-electron chi connectivity index (χ2n) is 5.01. The van der Waals surface area contributed by atoms with Gasteiger partial charge in [0.25, 0.3) is 5.89 Å². The second kappa shape index (κ2) is 4.20. The zero-order valence-electron chi connectivity index (χ0n) is 10.5. The van der Waals surface area contributed by atoms with E-state index in [-0.39, 0.29) is 0 Å². The zero-order chi connectivity index (χ0) is 12.6. The molecule has 0 aromatic carbocycles. The molecule has 0 saturated heterocycles. The molecular weight excluding hydrogens is 230 g/mol. The molecule has 1 fully saturated rings. The van der Waals surface area contributed by atoms with Crippen molar-refractivity contribution in [3.05, 3.63) is 18.1 Å². The maximum atomic E-state index is 6.37. The van der Waals surface area contributed by atoms with E-state index in [0.29, 0.717) is 17.4 Å². The minimum Gasteiger partial charge on any atom is -0.332 e. The lowest BCUT2D eigenvalue weighted by Gasteiger charge is -2.29. The number of nitrogens with zero attached hydrogens (tertiary/aromatic N) is 4. The highest BCUT2D eigenvalue weighted by molar-refractivity contribution is 5.45. The summed E-state index contributed by atoms with van der Waals surface area (Å²) in [4.78, 5) is 4.41. The van der Waals surface area contributed by atoms with Gasteiger partial charge in [0.2, 0.25) is 0 Å². The van der Waals surface area contributed by atoms with E-state index in [2.05, 4.69) is 15.2 Å². The largest absolute Gasteiger partial charge is 0.332 e. The molecule has 1 saturated carbocycles. The lowest BCUT2D eigenvalue weighted by molar-refractivity contribution is 0.275. The molecule has 2 N–H and O–H groups in total. The van der Waals surface area contributed by atoms with Gasteiger partial charge < -0.3 is 10.3 Å². The Kier molecular flexibility index (Phi) is 2.66. The van der Waals surface area contributed by atoms with Crippen LogP contribution < -0.4 is 5.73 Å².